The molecule has 116 valence electrons. The van der Waals surface area contributed by atoms with Gasteiger partial charge in [0, 0.05) is 19.7 Å². The molecule has 1 fully saturated rings. The molecule has 0 aromatic heterocycles. The minimum absolute atomic E-state index is 0.00696. The molecular formula is C16H22FNO3. The number of ether oxygens (including phenoxy) is 2. The zero-order valence-corrected chi connectivity index (χ0v) is 12.4. The molecule has 1 saturated heterocycles. The van der Waals surface area contributed by atoms with E-state index in [1.165, 1.54) is 24.3 Å². The molecule has 1 atom stereocenters. The van der Waals surface area contributed by atoms with Gasteiger partial charge in [0.2, 0.25) is 0 Å². The summed E-state index contributed by atoms with van der Waals surface area (Å²) >= 11 is 0. The number of carbonyl (C=O) groups excluding carboxylic acids is 1. The van der Waals surface area contributed by atoms with E-state index in [1.54, 1.807) is 0 Å². The SMILES string of the molecule is CCOCC1CCCN(C(=O)COc2ccc(F)cc2)C1. The van der Waals surface area contributed by atoms with Crippen LogP contribution in [0.5, 0.6) is 5.75 Å². The van der Waals surface area contributed by atoms with Gasteiger partial charge in [-0.3, -0.25) is 4.79 Å². The fraction of sp³-hybridized carbons (Fsp3) is 0.562. The second-order valence-corrected chi connectivity index (χ2v) is 5.25. The number of carbonyl (C=O) groups is 1. The number of halogens is 1. The minimum Gasteiger partial charge on any atom is -0.484 e. The van der Waals surface area contributed by atoms with Gasteiger partial charge >= 0.3 is 0 Å². The van der Waals surface area contributed by atoms with Crippen molar-refractivity contribution in [1.29, 1.82) is 0 Å². The Morgan fingerprint density at radius 1 is 1.38 bits per heavy atom. The number of hydrogen-bond acceptors (Lipinski definition) is 3. The first-order valence-corrected chi connectivity index (χ1v) is 7.43. The molecule has 2 rings (SSSR count). The Morgan fingerprint density at radius 2 is 2.14 bits per heavy atom. The van der Waals surface area contributed by atoms with Gasteiger partial charge in [0.15, 0.2) is 6.61 Å². The van der Waals surface area contributed by atoms with Crippen LogP contribution in [0.25, 0.3) is 0 Å². The Bertz CT molecular complexity index is 449. The highest BCUT2D eigenvalue weighted by Crippen LogP contribution is 2.17. The Morgan fingerprint density at radius 3 is 2.86 bits per heavy atom. The molecule has 1 heterocycles. The number of amides is 1. The molecule has 0 saturated carbocycles. The third-order valence-electron chi connectivity index (χ3n) is 3.61. The number of rotatable bonds is 6. The van der Waals surface area contributed by atoms with Gasteiger partial charge in [0.1, 0.15) is 11.6 Å². The fourth-order valence-corrected chi connectivity index (χ4v) is 2.48. The number of hydrogen-bond donors (Lipinski definition) is 0. The molecule has 1 unspecified atom stereocenters. The first-order chi connectivity index (χ1) is 10.2. The van der Waals surface area contributed by atoms with E-state index in [0.717, 1.165) is 25.9 Å². The number of likely N-dealkylation sites (tertiary alicyclic amines) is 1. The summed E-state index contributed by atoms with van der Waals surface area (Å²) in [6.07, 6.45) is 2.10. The van der Waals surface area contributed by atoms with Gasteiger partial charge in [-0.15, -0.1) is 0 Å². The van der Waals surface area contributed by atoms with Crippen LogP contribution < -0.4 is 4.74 Å². The molecule has 4 nitrogen and oxygen atoms in total. The van der Waals surface area contributed by atoms with E-state index >= 15 is 0 Å². The lowest BCUT2D eigenvalue weighted by Gasteiger charge is -2.32. The summed E-state index contributed by atoms with van der Waals surface area (Å²) in [5.74, 6) is 0.574. The summed E-state index contributed by atoms with van der Waals surface area (Å²) in [6, 6.07) is 5.69. The Hall–Kier alpha value is -1.62. The van der Waals surface area contributed by atoms with E-state index in [4.69, 9.17) is 9.47 Å². The molecule has 1 aliphatic heterocycles. The lowest BCUT2D eigenvalue weighted by atomic mass is 9.99. The van der Waals surface area contributed by atoms with Gasteiger partial charge in [-0.05, 0) is 49.9 Å². The molecule has 21 heavy (non-hydrogen) atoms. The zero-order chi connectivity index (χ0) is 15.1. The maximum absolute atomic E-state index is 12.8. The molecular weight excluding hydrogens is 273 g/mol. The van der Waals surface area contributed by atoms with Gasteiger partial charge in [0.05, 0.1) is 6.61 Å². The molecule has 0 radical (unpaired) electrons. The third-order valence-corrected chi connectivity index (χ3v) is 3.61. The second-order valence-electron chi connectivity index (χ2n) is 5.25. The maximum atomic E-state index is 12.8. The average Bonchev–Trinajstić information content (AvgIpc) is 2.52. The van der Waals surface area contributed by atoms with Crippen LogP contribution in [0.4, 0.5) is 4.39 Å². The first-order valence-electron chi connectivity index (χ1n) is 7.43. The van der Waals surface area contributed by atoms with E-state index in [0.29, 0.717) is 24.9 Å². The minimum atomic E-state index is -0.316. The third kappa shape index (κ3) is 5.01. The van der Waals surface area contributed by atoms with Gasteiger partial charge in [-0.1, -0.05) is 0 Å². The first kappa shape index (κ1) is 15.8. The molecule has 0 bridgehead atoms. The lowest BCUT2D eigenvalue weighted by Crippen LogP contribution is -2.43. The van der Waals surface area contributed by atoms with Crippen LogP contribution in [0.15, 0.2) is 24.3 Å². The number of nitrogens with zero attached hydrogens (tertiary/aromatic N) is 1. The van der Waals surface area contributed by atoms with Crippen molar-refractivity contribution in [2.24, 2.45) is 5.92 Å². The largest absolute Gasteiger partial charge is 0.484 e. The topological polar surface area (TPSA) is 38.8 Å². The quantitative estimate of drug-likeness (QED) is 0.809. The van der Waals surface area contributed by atoms with E-state index in [1.807, 2.05) is 11.8 Å². The summed E-state index contributed by atoms with van der Waals surface area (Å²) in [5.41, 5.74) is 0. The molecule has 0 spiro atoms. The van der Waals surface area contributed by atoms with Crippen LogP contribution in [0, 0.1) is 11.7 Å². The lowest BCUT2D eigenvalue weighted by molar-refractivity contribution is -0.135. The van der Waals surface area contributed by atoms with Crippen LogP contribution in [-0.4, -0.2) is 43.7 Å². The molecule has 1 amide bonds. The van der Waals surface area contributed by atoms with Crippen molar-refractivity contribution in [1.82, 2.24) is 4.90 Å². The van der Waals surface area contributed by atoms with E-state index in [-0.39, 0.29) is 18.3 Å². The van der Waals surface area contributed by atoms with Gasteiger partial charge < -0.3 is 14.4 Å². The smallest absolute Gasteiger partial charge is 0.260 e. The Kier molecular flexibility index (Phi) is 5.99. The van der Waals surface area contributed by atoms with Crippen molar-refractivity contribution in [3.63, 3.8) is 0 Å². The average molecular weight is 295 g/mol. The molecule has 0 N–H and O–H groups in total. The summed E-state index contributed by atoms with van der Waals surface area (Å²) in [4.78, 5) is 14.0. The van der Waals surface area contributed by atoms with Crippen molar-refractivity contribution in [2.75, 3.05) is 32.9 Å². The molecule has 0 aliphatic carbocycles. The van der Waals surface area contributed by atoms with Crippen molar-refractivity contribution < 1.29 is 18.7 Å². The van der Waals surface area contributed by atoms with Crippen LogP contribution in [0.3, 0.4) is 0 Å². The summed E-state index contributed by atoms with van der Waals surface area (Å²) in [6.45, 7) is 4.88. The van der Waals surface area contributed by atoms with Crippen LogP contribution in [0.1, 0.15) is 19.8 Å². The van der Waals surface area contributed by atoms with E-state index in [9.17, 15) is 9.18 Å². The Labute approximate surface area is 124 Å². The van der Waals surface area contributed by atoms with Gasteiger partial charge in [-0.2, -0.15) is 0 Å². The zero-order valence-electron chi connectivity index (χ0n) is 12.4. The summed E-state index contributed by atoms with van der Waals surface area (Å²) < 4.78 is 23.6. The van der Waals surface area contributed by atoms with Crippen LogP contribution >= 0.6 is 0 Å². The highest BCUT2D eigenvalue weighted by molar-refractivity contribution is 5.77. The summed E-state index contributed by atoms with van der Waals surface area (Å²) in [7, 11) is 0. The van der Waals surface area contributed by atoms with Crippen LogP contribution in [-0.2, 0) is 9.53 Å². The summed E-state index contributed by atoms with van der Waals surface area (Å²) in [5, 5.41) is 0. The molecule has 1 aromatic carbocycles. The number of piperidine rings is 1. The highest BCUT2D eigenvalue weighted by Gasteiger charge is 2.23. The molecule has 1 aromatic rings. The van der Waals surface area contributed by atoms with Crippen molar-refractivity contribution in [3.05, 3.63) is 30.1 Å². The van der Waals surface area contributed by atoms with Crippen LogP contribution in [0.2, 0.25) is 0 Å². The molecule has 1 aliphatic rings. The monoisotopic (exact) mass is 295 g/mol. The van der Waals surface area contributed by atoms with E-state index < -0.39 is 0 Å². The molecule has 5 heteroatoms. The Balaban J connectivity index is 1.78. The van der Waals surface area contributed by atoms with Crippen molar-refractivity contribution in [3.8, 4) is 5.75 Å². The van der Waals surface area contributed by atoms with Gasteiger partial charge in [0.25, 0.3) is 5.91 Å². The maximum Gasteiger partial charge on any atom is 0.260 e. The van der Waals surface area contributed by atoms with Gasteiger partial charge in [-0.25, -0.2) is 4.39 Å². The highest BCUT2D eigenvalue weighted by atomic mass is 19.1. The van der Waals surface area contributed by atoms with Crippen molar-refractivity contribution >= 4 is 5.91 Å². The normalized spacial score (nSPS) is 18.6. The second kappa shape index (κ2) is 7.98. The number of benzene rings is 1. The predicted octanol–water partition coefficient (Wildman–Crippen LogP) is 2.48. The fourth-order valence-electron chi connectivity index (χ4n) is 2.48. The predicted molar refractivity (Wildman–Crippen MR) is 77.7 cm³/mol. The van der Waals surface area contributed by atoms with Crippen molar-refractivity contribution in [2.45, 2.75) is 19.8 Å². The van der Waals surface area contributed by atoms with E-state index in [2.05, 4.69) is 0 Å². The standard InChI is InChI=1S/C16H22FNO3/c1-2-20-11-13-4-3-9-18(10-13)16(19)12-21-15-7-5-14(17)6-8-15/h5-8,13H,2-4,9-12H2,1H3.